The molecule has 0 saturated heterocycles. The monoisotopic (exact) mass is 287 g/mol. The predicted octanol–water partition coefficient (Wildman–Crippen LogP) is 3.12. The van der Waals surface area contributed by atoms with E-state index in [4.69, 9.17) is 0 Å². The maximum Gasteiger partial charge on any atom is 0.416 e. The van der Waals surface area contributed by atoms with E-state index in [1.54, 1.807) is 6.92 Å². The fourth-order valence-electron chi connectivity index (χ4n) is 1.40. The van der Waals surface area contributed by atoms with E-state index in [2.05, 4.69) is 14.9 Å². The van der Waals surface area contributed by atoms with Gasteiger partial charge in [0.1, 0.15) is 4.88 Å². The molecule has 0 aliphatic heterocycles. The van der Waals surface area contributed by atoms with Crippen LogP contribution in [0.2, 0.25) is 0 Å². The van der Waals surface area contributed by atoms with Crippen LogP contribution in [-0.4, -0.2) is 15.5 Å². The maximum atomic E-state index is 12.5. The first-order valence-corrected chi connectivity index (χ1v) is 5.93. The highest BCUT2D eigenvalue weighted by Crippen LogP contribution is 2.30. The number of hydrogen-bond donors (Lipinski definition) is 1. The van der Waals surface area contributed by atoms with Gasteiger partial charge in [-0.2, -0.15) is 13.2 Å². The van der Waals surface area contributed by atoms with Crippen LogP contribution in [0.1, 0.15) is 20.9 Å². The molecule has 1 amide bonds. The lowest BCUT2D eigenvalue weighted by atomic mass is 10.2. The molecule has 0 saturated carbocycles. The van der Waals surface area contributed by atoms with Crippen molar-refractivity contribution in [1.82, 2.24) is 9.59 Å². The van der Waals surface area contributed by atoms with Gasteiger partial charge >= 0.3 is 6.18 Å². The van der Waals surface area contributed by atoms with Gasteiger partial charge in [-0.25, -0.2) is 0 Å². The molecule has 2 aromatic rings. The Bertz CT molecular complexity index is 609. The Labute approximate surface area is 110 Å². The van der Waals surface area contributed by atoms with Crippen LogP contribution >= 0.6 is 11.5 Å². The largest absolute Gasteiger partial charge is 0.416 e. The number of carbonyl (C=O) groups is 1. The van der Waals surface area contributed by atoms with Crippen molar-refractivity contribution in [1.29, 1.82) is 0 Å². The number of anilines is 1. The van der Waals surface area contributed by atoms with Gasteiger partial charge in [-0.1, -0.05) is 10.6 Å². The molecule has 1 aromatic carbocycles. The quantitative estimate of drug-likeness (QED) is 0.923. The van der Waals surface area contributed by atoms with Gasteiger partial charge < -0.3 is 5.32 Å². The molecular formula is C11H8F3N3OS. The van der Waals surface area contributed by atoms with Crippen molar-refractivity contribution < 1.29 is 18.0 Å². The highest BCUT2D eigenvalue weighted by Gasteiger charge is 2.30. The zero-order valence-corrected chi connectivity index (χ0v) is 10.5. The molecule has 1 N–H and O–H groups in total. The van der Waals surface area contributed by atoms with Crippen LogP contribution in [0.15, 0.2) is 24.3 Å². The van der Waals surface area contributed by atoms with E-state index in [1.165, 1.54) is 12.1 Å². The number of hydrogen-bond acceptors (Lipinski definition) is 4. The van der Waals surface area contributed by atoms with Crippen LogP contribution in [-0.2, 0) is 6.18 Å². The molecule has 2 rings (SSSR count). The van der Waals surface area contributed by atoms with Gasteiger partial charge in [0.15, 0.2) is 0 Å². The van der Waals surface area contributed by atoms with Crippen LogP contribution in [0.3, 0.4) is 0 Å². The number of aromatic nitrogens is 2. The van der Waals surface area contributed by atoms with Crippen molar-refractivity contribution in [3.05, 3.63) is 40.4 Å². The average molecular weight is 287 g/mol. The van der Waals surface area contributed by atoms with E-state index in [1.807, 2.05) is 0 Å². The normalized spacial score (nSPS) is 11.4. The molecule has 0 aliphatic carbocycles. The summed E-state index contributed by atoms with van der Waals surface area (Å²) in [5.41, 5.74) is -0.299. The molecule has 0 atom stereocenters. The topological polar surface area (TPSA) is 54.9 Å². The lowest BCUT2D eigenvalue weighted by Gasteiger charge is -2.09. The van der Waals surface area contributed by atoms with Gasteiger partial charge in [0.25, 0.3) is 5.91 Å². The molecule has 8 heteroatoms. The summed E-state index contributed by atoms with van der Waals surface area (Å²) in [6.07, 6.45) is -4.44. The standard InChI is InChI=1S/C11H8F3N3OS/c1-6-9(19-17-16-6)10(18)15-8-4-2-3-7(5-8)11(12,13)14/h2-5H,1H3,(H,15,18). The highest BCUT2D eigenvalue weighted by atomic mass is 32.1. The minimum Gasteiger partial charge on any atom is -0.321 e. The second-order valence-corrected chi connectivity index (χ2v) is 4.47. The second kappa shape index (κ2) is 4.96. The number of amides is 1. The Hall–Kier alpha value is -1.96. The summed E-state index contributed by atoms with van der Waals surface area (Å²) in [5, 5.41) is 6.05. The third kappa shape index (κ3) is 3.08. The number of benzene rings is 1. The van der Waals surface area contributed by atoms with Crippen LogP contribution in [0.4, 0.5) is 18.9 Å². The number of nitrogens with one attached hydrogen (secondary N) is 1. The number of alkyl halides is 3. The van der Waals surface area contributed by atoms with Crippen molar-refractivity contribution >= 4 is 23.1 Å². The van der Waals surface area contributed by atoms with Gasteiger partial charge in [0.05, 0.1) is 11.3 Å². The lowest BCUT2D eigenvalue weighted by Crippen LogP contribution is -2.13. The van der Waals surface area contributed by atoms with Crippen LogP contribution in [0.5, 0.6) is 0 Å². The first kappa shape index (κ1) is 13.5. The summed E-state index contributed by atoms with van der Waals surface area (Å²) in [5.74, 6) is -0.521. The van der Waals surface area contributed by atoms with Crippen molar-refractivity contribution in [2.24, 2.45) is 0 Å². The van der Waals surface area contributed by atoms with Crippen LogP contribution < -0.4 is 5.32 Å². The fourth-order valence-corrected chi connectivity index (χ4v) is 1.95. The zero-order valence-electron chi connectivity index (χ0n) is 9.65. The molecule has 1 heterocycles. The molecule has 0 radical (unpaired) electrons. The third-order valence-corrected chi connectivity index (χ3v) is 3.13. The Morgan fingerprint density at radius 2 is 2.11 bits per heavy atom. The van der Waals surface area contributed by atoms with Crippen LogP contribution in [0, 0.1) is 6.92 Å². The summed E-state index contributed by atoms with van der Waals surface area (Å²) >= 11 is 0.891. The number of carbonyl (C=O) groups excluding carboxylic acids is 1. The first-order chi connectivity index (χ1) is 8.88. The molecule has 19 heavy (non-hydrogen) atoms. The number of nitrogens with zero attached hydrogens (tertiary/aromatic N) is 2. The third-order valence-electron chi connectivity index (χ3n) is 2.31. The number of aryl methyl sites for hydroxylation is 1. The summed E-state index contributed by atoms with van der Waals surface area (Å²) in [7, 11) is 0. The lowest BCUT2D eigenvalue weighted by molar-refractivity contribution is -0.137. The van der Waals surface area contributed by atoms with E-state index in [0.717, 1.165) is 23.7 Å². The average Bonchev–Trinajstić information content (AvgIpc) is 2.75. The van der Waals surface area contributed by atoms with Gasteiger partial charge in [0, 0.05) is 5.69 Å². The van der Waals surface area contributed by atoms with Crippen molar-refractivity contribution in [2.45, 2.75) is 13.1 Å². The zero-order chi connectivity index (χ0) is 14.0. The Morgan fingerprint density at radius 3 is 2.68 bits per heavy atom. The molecule has 4 nitrogen and oxygen atoms in total. The summed E-state index contributed by atoms with van der Waals surface area (Å²) in [6, 6.07) is 4.43. The van der Waals surface area contributed by atoms with Crippen molar-refractivity contribution in [3.8, 4) is 0 Å². The molecule has 0 fully saturated rings. The predicted molar refractivity (Wildman–Crippen MR) is 64.0 cm³/mol. The molecular weight excluding hydrogens is 279 g/mol. The highest BCUT2D eigenvalue weighted by molar-refractivity contribution is 7.08. The minimum absolute atomic E-state index is 0.0765. The van der Waals surface area contributed by atoms with Gasteiger partial charge in [-0.05, 0) is 36.7 Å². The molecule has 0 spiro atoms. The maximum absolute atomic E-state index is 12.5. The Morgan fingerprint density at radius 1 is 1.37 bits per heavy atom. The van der Waals surface area contributed by atoms with E-state index >= 15 is 0 Å². The molecule has 0 bridgehead atoms. The minimum atomic E-state index is -4.44. The summed E-state index contributed by atoms with van der Waals surface area (Å²) < 4.78 is 41.1. The molecule has 0 unspecified atom stereocenters. The SMILES string of the molecule is Cc1nnsc1C(=O)Nc1cccc(C(F)(F)F)c1. The number of rotatable bonds is 2. The molecule has 1 aromatic heterocycles. The van der Waals surface area contributed by atoms with E-state index in [9.17, 15) is 18.0 Å². The fraction of sp³-hybridized carbons (Fsp3) is 0.182. The second-order valence-electron chi connectivity index (χ2n) is 3.72. The van der Waals surface area contributed by atoms with E-state index in [-0.39, 0.29) is 10.6 Å². The Balaban J connectivity index is 2.21. The summed E-state index contributed by atoms with van der Waals surface area (Å²) in [4.78, 5) is 12.1. The van der Waals surface area contributed by atoms with Gasteiger partial charge in [0.2, 0.25) is 0 Å². The van der Waals surface area contributed by atoms with E-state index < -0.39 is 17.6 Å². The van der Waals surface area contributed by atoms with Crippen molar-refractivity contribution in [2.75, 3.05) is 5.32 Å². The van der Waals surface area contributed by atoms with Crippen molar-refractivity contribution in [3.63, 3.8) is 0 Å². The Kier molecular flexibility index (Phi) is 3.52. The molecule has 100 valence electrons. The number of halogens is 3. The first-order valence-electron chi connectivity index (χ1n) is 5.15. The van der Waals surface area contributed by atoms with Gasteiger partial charge in [-0.15, -0.1) is 5.10 Å². The smallest absolute Gasteiger partial charge is 0.321 e. The van der Waals surface area contributed by atoms with Crippen LogP contribution in [0.25, 0.3) is 0 Å². The van der Waals surface area contributed by atoms with E-state index in [0.29, 0.717) is 5.69 Å². The van der Waals surface area contributed by atoms with Gasteiger partial charge in [-0.3, -0.25) is 4.79 Å². The summed E-state index contributed by atoms with van der Waals surface area (Å²) in [6.45, 7) is 1.60. The molecule has 0 aliphatic rings.